The number of thioether (sulfide) groups is 1. The van der Waals surface area contributed by atoms with Gasteiger partial charge in [0.25, 0.3) is 0 Å². The molecule has 1 N–H and O–H groups in total. The number of aliphatic hydroxyl groups excluding tert-OH is 1. The first kappa shape index (κ1) is 11.7. The highest BCUT2D eigenvalue weighted by Crippen LogP contribution is 2.31. The Bertz CT molecular complexity index is 517. The van der Waals surface area contributed by atoms with Crippen LogP contribution in [-0.2, 0) is 6.42 Å². The van der Waals surface area contributed by atoms with Gasteiger partial charge in [0.05, 0.1) is 12.0 Å². The fourth-order valence-electron chi connectivity index (χ4n) is 1.95. The number of aliphatic hydroxyl groups is 1. The van der Waals surface area contributed by atoms with Gasteiger partial charge in [0.1, 0.15) is 0 Å². The summed E-state index contributed by atoms with van der Waals surface area (Å²) in [5.41, 5.74) is 1.10. The van der Waals surface area contributed by atoms with Crippen LogP contribution in [0.4, 0.5) is 0 Å². The van der Waals surface area contributed by atoms with Crippen molar-refractivity contribution in [2.75, 3.05) is 11.5 Å². The van der Waals surface area contributed by atoms with Gasteiger partial charge in [0.2, 0.25) is 5.89 Å². The summed E-state index contributed by atoms with van der Waals surface area (Å²) in [6.45, 7) is 0. The van der Waals surface area contributed by atoms with Crippen LogP contribution in [0.2, 0.25) is 0 Å². The minimum atomic E-state index is -0.371. The Hall–Kier alpha value is -1.40. The largest absolute Gasteiger partial charge is 0.391 e. The van der Waals surface area contributed by atoms with E-state index < -0.39 is 0 Å². The van der Waals surface area contributed by atoms with Crippen LogP contribution < -0.4 is 0 Å². The van der Waals surface area contributed by atoms with Crippen LogP contribution in [0.5, 0.6) is 0 Å². The SMILES string of the molecule is OC1CSCC1c1nc(Cc2ccncc2)no1. The predicted molar refractivity (Wildman–Crippen MR) is 67.4 cm³/mol. The number of nitrogens with zero attached hydrogens (tertiary/aromatic N) is 3. The van der Waals surface area contributed by atoms with Crippen molar-refractivity contribution in [3.8, 4) is 0 Å². The van der Waals surface area contributed by atoms with Gasteiger partial charge in [-0.25, -0.2) is 0 Å². The third kappa shape index (κ3) is 2.39. The van der Waals surface area contributed by atoms with E-state index in [1.807, 2.05) is 12.1 Å². The first-order valence-electron chi connectivity index (χ1n) is 5.80. The van der Waals surface area contributed by atoms with Crippen molar-refractivity contribution in [2.45, 2.75) is 18.4 Å². The molecule has 1 saturated heterocycles. The van der Waals surface area contributed by atoms with Gasteiger partial charge in [-0.2, -0.15) is 16.7 Å². The zero-order valence-electron chi connectivity index (χ0n) is 9.69. The molecule has 1 fully saturated rings. The van der Waals surface area contributed by atoms with E-state index in [1.165, 1.54) is 0 Å². The third-order valence-corrected chi connectivity index (χ3v) is 4.14. The first-order valence-corrected chi connectivity index (χ1v) is 6.95. The highest BCUT2D eigenvalue weighted by Gasteiger charge is 2.31. The zero-order valence-corrected chi connectivity index (χ0v) is 10.5. The van der Waals surface area contributed by atoms with Crippen molar-refractivity contribution in [3.05, 3.63) is 41.8 Å². The molecule has 2 atom stereocenters. The monoisotopic (exact) mass is 263 g/mol. The molecule has 0 amide bonds. The molecule has 1 aliphatic heterocycles. The van der Waals surface area contributed by atoms with Crippen LogP contribution >= 0.6 is 11.8 Å². The summed E-state index contributed by atoms with van der Waals surface area (Å²) < 4.78 is 5.24. The summed E-state index contributed by atoms with van der Waals surface area (Å²) in [5.74, 6) is 2.77. The Morgan fingerprint density at radius 1 is 1.33 bits per heavy atom. The average molecular weight is 263 g/mol. The molecule has 1 aliphatic rings. The summed E-state index contributed by atoms with van der Waals surface area (Å²) >= 11 is 1.71. The molecule has 5 nitrogen and oxygen atoms in total. The van der Waals surface area contributed by atoms with E-state index in [1.54, 1.807) is 24.2 Å². The lowest BCUT2D eigenvalue weighted by atomic mass is 10.1. The number of hydrogen-bond donors (Lipinski definition) is 1. The van der Waals surface area contributed by atoms with Crippen molar-refractivity contribution in [3.63, 3.8) is 0 Å². The molecule has 0 radical (unpaired) electrons. The Labute approximate surface area is 109 Å². The third-order valence-electron chi connectivity index (χ3n) is 2.96. The Morgan fingerprint density at radius 2 is 2.17 bits per heavy atom. The van der Waals surface area contributed by atoms with Crippen molar-refractivity contribution in [2.24, 2.45) is 0 Å². The molecule has 6 heteroatoms. The molecule has 0 bridgehead atoms. The van der Waals surface area contributed by atoms with Gasteiger partial charge in [-0.1, -0.05) is 5.16 Å². The van der Waals surface area contributed by atoms with Crippen LogP contribution in [0.3, 0.4) is 0 Å². The maximum Gasteiger partial charge on any atom is 0.233 e. The van der Waals surface area contributed by atoms with Crippen LogP contribution in [0.15, 0.2) is 29.0 Å². The van der Waals surface area contributed by atoms with E-state index in [9.17, 15) is 5.11 Å². The van der Waals surface area contributed by atoms with Gasteiger partial charge in [0.15, 0.2) is 5.82 Å². The number of hydrogen-bond acceptors (Lipinski definition) is 6. The topological polar surface area (TPSA) is 72.0 Å². The fraction of sp³-hybridized carbons (Fsp3) is 0.417. The van der Waals surface area contributed by atoms with Gasteiger partial charge in [-0.3, -0.25) is 4.98 Å². The van der Waals surface area contributed by atoms with Crippen molar-refractivity contribution >= 4 is 11.8 Å². The molecule has 0 aromatic carbocycles. The maximum absolute atomic E-state index is 9.78. The quantitative estimate of drug-likeness (QED) is 0.898. The van der Waals surface area contributed by atoms with E-state index in [2.05, 4.69) is 15.1 Å². The van der Waals surface area contributed by atoms with Gasteiger partial charge in [-0.15, -0.1) is 0 Å². The average Bonchev–Trinajstić information content (AvgIpc) is 2.99. The van der Waals surface area contributed by atoms with E-state index >= 15 is 0 Å². The Morgan fingerprint density at radius 3 is 2.89 bits per heavy atom. The molecule has 18 heavy (non-hydrogen) atoms. The van der Waals surface area contributed by atoms with Crippen LogP contribution in [0.25, 0.3) is 0 Å². The van der Waals surface area contributed by atoms with Crippen molar-refractivity contribution in [1.82, 2.24) is 15.1 Å². The van der Waals surface area contributed by atoms with Crippen molar-refractivity contribution < 1.29 is 9.63 Å². The molecular weight excluding hydrogens is 250 g/mol. The Kier molecular flexibility index (Phi) is 3.29. The predicted octanol–water partition coefficient (Wildman–Crippen LogP) is 1.25. The fourth-order valence-corrected chi connectivity index (χ4v) is 3.18. The normalized spacial score (nSPS) is 23.4. The van der Waals surface area contributed by atoms with E-state index in [0.717, 1.165) is 17.1 Å². The molecule has 2 unspecified atom stereocenters. The molecular formula is C12H13N3O2S. The molecule has 3 rings (SSSR count). The van der Waals surface area contributed by atoms with Gasteiger partial charge in [0, 0.05) is 30.3 Å². The first-order chi connectivity index (χ1) is 8.83. The zero-order chi connectivity index (χ0) is 12.4. The minimum Gasteiger partial charge on any atom is -0.391 e. The van der Waals surface area contributed by atoms with E-state index in [0.29, 0.717) is 18.1 Å². The lowest BCUT2D eigenvalue weighted by Crippen LogP contribution is -2.15. The number of rotatable bonds is 3. The van der Waals surface area contributed by atoms with Crippen LogP contribution in [0, 0.1) is 0 Å². The summed E-state index contributed by atoms with van der Waals surface area (Å²) in [6, 6.07) is 3.85. The van der Waals surface area contributed by atoms with Gasteiger partial charge in [-0.05, 0) is 17.7 Å². The molecule has 2 aromatic rings. The second kappa shape index (κ2) is 5.07. The minimum absolute atomic E-state index is 0.0197. The number of pyridine rings is 1. The molecule has 3 heterocycles. The van der Waals surface area contributed by atoms with Crippen LogP contribution in [0.1, 0.15) is 23.2 Å². The van der Waals surface area contributed by atoms with E-state index in [-0.39, 0.29) is 12.0 Å². The summed E-state index contributed by atoms with van der Waals surface area (Å²) in [5, 5.41) is 13.7. The molecule has 94 valence electrons. The Balaban J connectivity index is 1.74. The maximum atomic E-state index is 9.78. The second-order valence-corrected chi connectivity index (χ2v) is 5.37. The molecule has 0 aliphatic carbocycles. The van der Waals surface area contributed by atoms with Gasteiger partial charge < -0.3 is 9.63 Å². The molecule has 2 aromatic heterocycles. The molecule has 0 saturated carbocycles. The van der Waals surface area contributed by atoms with Gasteiger partial charge >= 0.3 is 0 Å². The lowest BCUT2D eigenvalue weighted by Gasteiger charge is -2.06. The van der Waals surface area contributed by atoms with E-state index in [4.69, 9.17) is 4.52 Å². The summed E-state index contributed by atoms with van der Waals surface area (Å²) in [6.07, 6.45) is 3.74. The standard InChI is InChI=1S/C12H13N3O2S/c16-10-7-18-6-9(10)12-14-11(15-17-12)5-8-1-3-13-4-2-8/h1-4,9-10,16H,5-7H2. The molecule has 0 spiro atoms. The second-order valence-electron chi connectivity index (χ2n) is 4.29. The smallest absolute Gasteiger partial charge is 0.233 e. The van der Waals surface area contributed by atoms with Crippen LogP contribution in [-0.4, -0.2) is 37.8 Å². The number of aromatic nitrogens is 3. The summed E-state index contributed by atoms with van der Waals surface area (Å²) in [4.78, 5) is 8.33. The highest BCUT2D eigenvalue weighted by atomic mass is 32.2. The lowest BCUT2D eigenvalue weighted by molar-refractivity contribution is 0.164. The highest BCUT2D eigenvalue weighted by molar-refractivity contribution is 7.99. The van der Waals surface area contributed by atoms with Crippen molar-refractivity contribution in [1.29, 1.82) is 0 Å². The summed E-state index contributed by atoms with van der Waals surface area (Å²) in [7, 11) is 0.